The molecule has 0 N–H and O–H groups in total. The van der Waals surface area contributed by atoms with E-state index >= 15 is 0 Å². The van der Waals surface area contributed by atoms with Gasteiger partial charge in [-0.1, -0.05) is 12.1 Å². The molecule has 1 atom stereocenters. The molecule has 6 nitrogen and oxygen atoms in total. The van der Waals surface area contributed by atoms with Crippen molar-refractivity contribution in [3.8, 4) is 0 Å². The smallest absolute Gasteiger partial charge is 0.261 e. The number of benzene rings is 1. The minimum absolute atomic E-state index is 0.0654. The van der Waals surface area contributed by atoms with E-state index in [0.717, 1.165) is 18.7 Å². The van der Waals surface area contributed by atoms with Crippen LogP contribution in [0.25, 0.3) is 0 Å². The Morgan fingerprint density at radius 1 is 1.08 bits per heavy atom. The van der Waals surface area contributed by atoms with Gasteiger partial charge in [0, 0.05) is 32.0 Å². The Balaban J connectivity index is 1.28. The molecule has 0 radical (unpaired) electrons. The highest BCUT2D eigenvalue weighted by Gasteiger charge is 2.35. The van der Waals surface area contributed by atoms with Gasteiger partial charge in [0.05, 0.1) is 17.4 Å². The average Bonchev–Trinajstić information content (AvgIpc) is 3.38. The number of likely N-dealkylation sites (tertiary alicyclic amines) is 1. The maximum Gasteiger partial charge on any atom is 0.261 e. The highest BCUT2D eigenvalue weighted by molar-refractivity contribution is 6.21. The zero-order chi connectivity index (χ0) is 18.1. The molecule has 3 heterocycles. The van der Waals surface area contributed by atoms with Crippen molar-refractivity contribution in [1.29, 1.82) is 0 Å². The summed E-state index contributed by atoms with van der Waals surface area (Å²) >= 11 is 0. The number of rotatable bonds is 5. The van der Waals surface area contributed by atoms with E-state index in [0.29, 0.717) is 30.5 Å². The van der Waals surface area contributed by atoms with E-state index in [9.17, 15) is 14.4 Å². The van der Waals surface area contributed by atoms with E-state index in [2.05, 4.69) is 0 Å². The van der Waals surface area contributed by atoms with Crippen molar-refractivity contribution in [2.45, 2.75) is 25.2 Å². The lowest BCUT2D eigenvalue weighted by atomic mass is 10.1. The standard InChI is InChI=1S/C20H20N2O4/c23-18(21-11-9-14(13-21)17-7-4-12-26-17)8-3-10-22-19(24)15-5-1-2-6-16(15)20(22)25/h1-2,4-7,12,14H,3,8-11,13H2. The first-order chi connectivity index (χ1) is 12.6. The van der Waals surface area contributed by atoms with E-state index in [4.69, 9.17) is 4.42 Å². The number of hydrogen-bond donors (Lipinski definition) is 0. The Morgan fingerprint density at radius 3 is 2.46 bits per heavy atom. The molecule has 0 aliphatic carbocycles. The molecule has 6 heteroatoms. The SMILES string of the molecule is O=C(CCCN1C(=O)c2ccccc2C1=O)N1CCC(c2ccco2)C1. The molecule has 0 bridgehead atoms. The van der Waals surface area contributed by atoms with Crippen molar-refractivity contribution in [2.24, 2.45) is 0 Å². The van der Waals surface area contributed by atoms with Crippen LogP contribution in [0, 0.1) is 0 Å². The van der Waals surface area contributed by atoms with Gasteiger partial charge in [-0.3, -0.25) is 19.3 Å². The maximum absolute atomic E-state index is 12.4. The summed E-state index contributed by atoms with van der Waals surface area (Å²) in [5.41, 5.74) is 0.898. The number of furan rings is 1. The molecular formula is C20H20N2O4. The van der Waals surface area contributed by atoms with Gasteiger partial charge in [-0.15, -0.1) is 0 Å². The normalized spacial score (nSPS) is 19.3. The minimum Gasteiger partial charge on any atom is -0.469 e. The van der Waals surface area contributed by atoms with Crippen LogP contribution in [0.3, 0.4) is 0 Å². The summed E-state index contributed by atoms with van der Waals surface area (Å²) in [6.07, 6.45) is 3.37. The van der Waals surface area contributed by atoms with Gasteiger partial charge in [0.2, 0.25) is 5.91 Å². The number of hydrogen-bond acceptors (Lipinski definition) is 4. The molecule has 0 spiro atoms. The van der Waals surface area contributed by atoms with Crippen molar-refractivity contribution in [2.75, 3.05) is 19.6 Å². The van der Waals surface area contributed by atoms with Crippen LogP contribution in [-0.4, -0.2) is 47.2 Å². The third kappa shape index (κ3) is 2.92. The first kappa shape index (κ1) is 16.6. The van der Waals surface area contributed by atoms with Crippen molar-refractivity contribution in [3.63, 3.8) is 0 Å². The van der Waals surface area contributed by atoms with Crippen LogP contribution < -0.4 is 0 Å². The number of fused-ring (bicyclic) bond motifs is 1. The maximum atomic E-state index is 12.4. The van der Waals surface area contributed by atoms with Gasteiger partial charge in [0.25, 0.3) is 11.8 Å². The summed E-state index contributed by atoms with van der Waals surface area (Å²) < 4.78 is 5.43. The fourth-order valence-corrected chi connectivity index (χ4v) is 3.73. The molecule has 134 valence electrons. The van der Waals surface area contributed by atoms with Gasteiger partial charge in [0.15, 0.2) is 0 Å². The minimum atomic E-state index is -0.267. The molecule has 26 heavy (non-hydrogen) atoms. The molecule has 2 aliphatic heterocycles. The molecule has 1 fully saturated rings. The summed E-state index contributed by atoms with van der Waals surface area (Å²) in [5.74, 6) is 0.710. The van der Waals surface area contributed by atoms with Crippen molar-refractivity contribution in [3.05, 3.63) is 59.5 Å². The van der Waals surface area contributed by atoms with Gasteiger partial charge in [-0.2, -0.15) is 0 Å². The van der Waals surface area contributed by atoms with Gasteiger partial charge >= 0.3 is 0 Å². The number of nitrogens with zero attached hydrogens (tertiary/aromatic N) is 2. The van der Waals surface area contributed by atoms with Crippen LogP contribution in [0.4, 0.5) is 0 Å². The molecule has 4 rings (SSSR count). The molecule has 1 aromatic carbocycles. The molecule has 1 aromatic heterocycles. The molecular weight excluding hydrogens is 332 g/mol. The highest BCUT2D eigenvalue weighted by Crippen LogP contribution is 2.28. The number of amides is 3. The van der Waals surface area contributed by atoms with Crippen LogP contribution in [0.1, 0.15) is 51.7 Å². The zero-order valence-corrected chi connectivity index (χ0v) is 14.4. The largest absolute Gasteiger partial charge is 0.469 e. The Morgan fingerprint density at radius 2 is 1.81 bits per heavy atom. The molecule has 2 aromatic rings. The lowest BCUT2D eigenvalue weighted by Gasteiger charge is -2.18. The van der Waals surface area contributed by atoms with Crippen molar-refractivity contribution >= 4 is 17.7 Å². The van der Waals surface area contributed by atoms with Gasteiger partial charge in [-0.05, 0) is 37.1 Å². The van der Waals surface area contributed by atoms with Crippen LogP contribution in [0.2, 0.25) is 0 Å². The van der Waals surface area contributed by atoms with Crippen molar-refractivity contribution < 1.29 is 18.8 Å². The first-order valence-electron chi connectivity index (χ1n) is 8.91. The Bertz CT molecular complexity index is 808. The topological polar surface area (TPSA) is 70.8 Å². The predicted molar refractivity (Wildman–Crippen MR) is 93.7 cm³/mol. The molecule has 0 saturated carbocycles. The fourth-order valence-electron chi connectivity index (χ4n) is 3.73. The van der Waals surface area contributed by atoms with Crippen LogP contribution in [0.15, 0.2) is 47.1 Å². The number of carbonyl (C=O) groups excluding carboxylic acids is 3. The third-order valence-electron chi connectivity index (χ3n) is 5.14. The van der Waals surface area contributed by atoms with Gasteiger partial charge in [0.1, 0.15) is 5.76 Å². The van der Waals surface area contributed by atoms with E-state index in [-0.39, 0.29) is 30.2 Å². The predicted octanol–water partition coefficient (Wildman–Crippen LogP) is 2.67. The second-order valence-electron chi connectivity index (χ2n) is 6.75. The summed E-state index contributed by atoms with van der Waals surface area (Å²) in [4.78, 5) is 40.1. The molecule has 1 unspecified atom stereocenters. The Hall–Kier alpha value is -2.89. The number of carbonyl (C=O) groups is 3. The number of imide groups is 1. The summed E-state index contributed by atoms with van der Waals surface area (Å²) in [5, 5.41) is 0. The summed E-state index contributed by atoms with van der Waals surface area (Å²) in [6, 6.07) is 10.6. The summed E-state index contributed by atoms with van der Waals surface area (Å²) in [7, 11) is 0. The Labute approximate surface area is 151 Å². The Kier molecular flexibility index (Phi) is 4.32. The van der Waals surface area contributed by atoms with Crippen molar-refractivity contribution in [1.82, 2.24) is 9.80 Å². The lowest BCUT2D eigenvalue weighted by Crippen LogP contribution is -2.33. The van der Waals surface area contributed by atoms with Crippen LogP contribution >= 0.6 is 0 Å². The average molecular weight is 352 g/mol. The van der Waals surface area contributed by atoms with Gasteiger partial charge < -0.3 is 9.32 Å². The second kappa shape index (κ2) is 6.78. The third-order valence-corrected chi connectivity index (χ3v) is 5.14. The monoisotopic (exact) mass is 352 g/mol. The second-order valence-corrected chi connectivity index (χ2v) is 6.75. The summed E-state index contributed by atoms with van der Waals surface area (Å²) in [6.45, 7) is 1.66. The van der Waals surface area contributed by atoms with Crippen LogP contribution in [0.5, 0.6) is 0 Å². The zero-order valence-electron chi connectivity index (χ0n) is 14.4. The van der Waals surface area contributed by atoms with E-state index < -0.39 is 0 Å². The first-order valence-corrected chi connectivity index (χ1v) is 8.91. The highest BCUT2D eigenvalue weighted by atomic mass is 16.3. The van der Waals surface area contributed by atoms with Gasteiger partial charge in [-0.25, -0.2) is 0 Å². The fraction of sp³-hybridized carbons (Fsp3) is 0.350. The quantitative estimate of drug-likeness (QED) is 0.776. The van der Waals surface area contributed by atoms with E-state index in [1.165, 1.54) is 4.90 Å². The lowest BCUT2D eigenvalue weighted by molar-refractivity contribution is -0.130. The molecule has 1 saturated heterocycles. The molecule has 3 amide bonds. The van der Waals surface area contributed by atoms with E-state index in [1.807, 2.05) is 17.0 Å². The van der Waals surface area contributed by atoms with Crippen LogP contribution in [-0.2, 0) is 4.79 Å². The van der Waals surface area contributed by atoms with E-state index in [1.54, 1.807) is 30.5 Å². The molecule has 2 aliphatic rings.